The molecule has 0 aromatic carbocycles. The minimum Gasteiger partial charge on any atom is -0.393 e. The maximum absolute atomic E-state index is 12.4. The van der Waals surface area contributed by atoms with E-state index in [-0.39, 0.29) is 29.1 Å². The van der Waals surface area contributed by atoms with Crippen molar-refractivity contribution in [2.24, 2.45) is 29.1 Å². The van der Waals surface area contributed by atoms with Crippen LogP contribution in [0.5, 0.6) is 0 Å². The highest BCUT2D eigenvalue weighted by Gasteiger charge is 2.62. The summed E-state index contributed by atoms with van der Waals surface area (Å²) in [5, 5.41) is 35.7. The first kappa shape index (κ1) is 23.6. The first-order chi connectivity index (χ1) is 16.8. The molecule has 7 heteroatoms. The molecule has 0 spiro atoms. The predicted molar refractivity (Wildman–Crippen MR) is 134 cm³/mol. The fraction of sp³-hybridized carbons (Fsp3) is 0.643. The molecule has 2 heterocycles. The summed E-state index contributed by atoms with van der Waals surface area (Å²) in [5.41, 5.74) is 2.31. The number of fused-ring (bicyclic) bond motifs is 6. The van der Waals surface area contributed by atoms with Crippen molar-refractivity contribution in [3.8, 4) is 0 Å². The van der Waals surface area contributed by atoms with Crippen LogP contribution in [0.4, 0.5) is 0 Å². The molecule has 6 nitrogen and oxygen atoms in total. The zero-order valence-corrected chi connectivity index (χ0v) is 21.5. The van der Waals surface area contributed by atoms with Gasteiger partial charge in [-0.1, -0.05) is 19.4 Å². The Kier molecular flexibility index (Phi) is 5.64. The van der Waals surface area contributed by atoms with Crippen LogP contribution in [-0.4, -0.2) is 44.5 Å². The number of allylic oxidation sites excluding steroid dienone is 1. The van der Waals surface area contributed by atoms with E-state index in [1.807, 2.05) is 11.3 Å². The van der Waals surface area contributed by atoms with E-state index < -0.39 is 24.1 Å². The van der Waals surface area contributed by atoms with E-state index in [4.69, 9.17) is 0 Å². The summed E-state index contributed by atoms with van der Waals surface area (Å²) in [7, 11) is 0. The van der Waals surface area contributed by atoms with Gasteiger partial charge in [-0.2, -0.15) is 5.10 Å². The number of hydrogen-bond donors (Lipinski definition) is 4. The normalized spacial score (nSPS) is 37.7. The fourth-order valence-corrected chi connectivity index (χ4v) is 9.29. The molecule has 7 atom stereocenters. The summed E-state index contributed by atoms with van der Waals surface area (Å²) in [5.74, 6) is -0.0885. The van der Waals surface area contributed by atoms with E-state index in [1.165, 1.54) is 26.6 Å². The standard InChI is InChI=1S/C28H36N2O4S/c1-3-18-5-6-19(35-18)14-30-13-16-12-27(2)17(10-23(16)29-30)4-7-21-20-8-9-28(34,25(33)15-31)22(20)11-24(32)26(21)27/h5-6,10,13,20-22,24,26,31-32,34H,3-4,7-9,11-12,14-15H2,1-2H3/p+1/t20-,21-,22?,24-,26+,27-,28+/m0/s1. The second-order valence-electron chi connectivity index (χ2n) is 11.6. The Morgan fingerprint density at radius 2 is 2.06 bits per heavy atom. The van der Waals surface area contributed by atoms with Crippen LogP contribution in [0.3, 0.4) is 0 Å². The number of nitrogens with zero attached hydrogens (tertiary/aromatic N) is 1. The molecular formula is C28H37N2O4S+. The molecule has 0 bridgehead atoms. The molecular weight excluding hydrogens is 460 g/mol. The first-order valence-corrected chi connectivity index (χ1v) is 14.0. The number of ketones is 1. The van der Waals surface area contributed by atoms with Gasteiger partial charge < -0.3 is 15.3 Å². The van der Waals surface area contributed by atoms with Gasteiger partial charge in [0.25, 0.3) is 0 Å². The molecule has 0 amide bonds. The Balaban J connectivity index is 1.27. The Hall–Kier alpha value is -1.80. The quantitative estimate of drug-likeness (QED) is 0.478. The number of carbonyl (C=O) groups is 1. The van der Waals surface area contributed by atoms with Crippen molar-refractivity contribution in [3.05, 3.63) is 44.9 Å². The minimum absolute atomic E-state index is 0.122. The number of aliphatic hydroxyl groups excluding tert-OH is 2. The van der Waals surface area contributed by atoms with Gasteiger partial charge in [-0.3, -0.25) is 4.79 Å². The SMILES string of the molecule is CCc1ccc(C[n+]2cc3c([nH]2)C=C2CC[C@@H]4[C@H]([C@@H](O)CC5[C@H]4CC[C@]5(O)C(=O)CO)[C@@]2(C)C3)s1. The van der Waals surface area contributed by atoms with Crippen LogP contribution in [0.2, 0.25) is 0 Å². The van der Waals surface area contributed by atoms with Gasteiger partial charge in [0.1, 0.15) is 17.9 Å². The molecule has 3 saturated carbocycles. The molecule has 3 fully saturated rings. The third kappa shape index (κ3) is 3.53. The highest BCUT2D eigenvalue weighted by atomic mass is 32.1. The molecule has 0 radical (unpaired) electrons. The van der Waals surface area contributed by atoms with Crippen LogP contribution in [0.25, 0.3) is 6.08 Å². The fourth-order valence-electron chi connectivity index (χ4n) is 8.33. The highest BCUT2D eigenvalue weighted by Crippen LogP contribution is 2.63. The largest absolute Gasteiger partial charge is 0.393 e. The van der Waals surface area contributed by atoms with Gasteiger partial charge in [-0.15, -0.1) is 16.0 Å². The van der Waals surface area contributed by atoms with Crippen LogP contribution >= 0.6 is 11.3 Å². The van der Waals surface area contributed by atoms with Crippen molar-refractivity contribution in [1.82, 2.24) is 5.10 Å². The average Bonchev–Trinajstić information content (AvgIpc) is 3.54. The van der Waals surface area contributed by atoms with Crippen molar-refractivity contribution in [2.75, 3.05) is 6.61 Å². The molecule has 1 unspecified atom stereocenters. The molecule has 4 aliphatic carbocycles. The second-order valence-corrected chi connectivity index (χ2v) is 12.9. The van der Waals surface area contributed by atoms with E-state index >= 15 is 0 Å². The third-order valence-corrected chi connectivity index (χ3v) is 11.2. The van der Waals surface area contributed by atoms with Crippen molar-refractivity contribution >= 4 is 23.2 Å². The molecule has 35 heavy (non-hydrogen) atoms. The number of Topliss-reactive ketones (excluding diaryl/α,β-unsaturated/α-hetero) is 1. The molecule has 0 aliphatic heterocycles. The monoisotopic (exact) mass is 497 g/mol. The van der Waals surface area contributed by atoms with Crippen molar-refractivity contribution in [2.45, 2.75) is 77.0 Å². The maximum Gasteiger partial charge on any atom is 0.206 e. The lowest BCUT2D eigenvalue weighted by Gasteiger charge is -2.57. The van der Waals surface area contributed by atoms with Gasteiger partial charge in [-0.05, 0) is 86.3 Å². The lowest BCUT2D eigenvalue weighted by molar-refractivity contribution is -0.742. The van der Waals surface area contributed by atoms with Crippen LogP contribution in [-0.2, 0) is 24.2 Å². The summed E-state index contributed by atoms with van der Waals surface area (Å²) < 4.78 is 2.19. The number of carbonyl (C=O) groups excluding carboxylic acids is 1. The van der Waals surface area contributed by atoms with E-state index in [9.17, 15) is 20.1 Å². The summed E-state index contributed by atoms with van der Waals surface area (Å²) in [6, 6.07) is 4.44. The van der Waals surface area contributed by atoms with Crippen LogP contribution in [0.15, 0.2) is 23.9 Å². The number of aromatic amines is 1. The molecule has 2 aromatic heterocycles. The third-order valence-electron chi connectivity index (χ3n) is 9.94. The van der Waals surface area contributed by atoms with Gasteiger partial charge in [0, 0.05) is 16.4 Å². The minimum atomic E-state index is -1.48. The Labute approximate surface area is 210 Å². The number of aromatic nitrogens is 2. The Bertz CT molecular complexity index is 1180. The van der Waals surface area contributed by atoms with Crippen molar-refractivity contribution in [3.63, 3.8) is 0 Å². The first-order valence-electron chi connectivity index (χ1n) is 13.2. The molecule has 0 saturated heterocycles. The van der Waals surface area contributed by atoms with E-state index in [2.05, 4.69) is 48.0 Å². The predicted octanol–water partition coefficient (Wildman–Crippen LogP) is 3.03. The number of rotatable bonds is 5. The molecule has 4 aliphatic rings. The molecule has 6 rings (SSSR count). The lowest BCUT2D eigenvalue weighted by Crippen LogP contribution is -2.57. The van der Waals surface area contributed by atoms with E-state index in [1.54, 1.807) is 0 Å². The van der Waals surface area contributed by atoms with Gasteiger partial charge in [0.15, 0.2) is 12.0 Å². The average molecular weight is 498 g/mol. The smallest absolute Gasteiger partial charge is 0.206 e. The Morgan fingerprint density at radius 1 is 1.26 bits per heavy atom. The number of thiophene rings is 1. The van der Waals surface area contributed by atoms with Crippen molar-refractivity contribution < 1.29 is 24.8 Å². The van der Waals surface area contributed by atoms with E-state index in [0.29, 0.717) is 12.8 Å². The lowest BCUT2D eigenvalue weighted by atomic mass is 9.48. The molecule has 4 N–H and O–H groups in total. The van der Waals surface area contributed by atoms with Gasteiger partial charge >= 0.3 is 0 Å². The van der Waals surface area contributed by atoms with Crippen molar-refractivity contribution in [1.29, 1.82) is 0 Å². The van der Waals surface area contributed by atoms with Crippen LogP contribution in [0, 0.1) is 29.1 Å². The van der Waals surface area contributed by atoms with E-state index in [0.717, 1.165) is 38.6 Å². The summed E-state index contributed by atoms with van der Waals surface area (Å²) in [6.45, 7) is 4.73. The summed E-state index contributed by atoms with van der Waals surface area (Å²) >= 11 is 1.87. The second kappa shape index (κ2) is 8.37. The number of nitrogens with one attached hydrogen (secondary N) is 1. The highest BCUT2D eigenvalue weighted by molar-refractivity contribution is 7.11. The number of H-pyrrole nitrogens is 1. The topological polar surface area (TPSA) is 97.4 Å². The van der Waals surface area contributed by atoms with Crippen LogP contribution < -0.4 is 4.68 Å². The molecule has 188 valence electrons. The zero-order valence-electron chi connectivity index (χ0n) is 20.7. The summed E-state index contributed by atoms with van der Waals surface area (Å²) in [6.07, 6.45) is 9.60. The molecule has 2 aromatic rings. The number of aryl methyl sites for hydroxylation is 1. The van der Waals surface area contributed by atoms with Gasteiger partial charge in [0.2, 0.25) is 6.54 Å². The van der Waals surface area contributed by atoms with Gasteiger partial charge in [0.05, 0.1) is 11.0 Å². The number of hydrogen-bond acceptors (Lipinski definition) is 5. The maximum atomic E-state index is 12.4. The summed E-state index contributed by atoms with van der Waals surface area (Å²) in [4.78, 5) is 15.2. The Morgan fingerprint density at radius 3 is 2.80 bits per heavy atom. The zero-order chi connectivity index (χ0) is 24.5. The van der Waals surface area contributed by atoms with Gasteiger partial charge in [-0.25, -0.2) is 0 Å². The van der Waals surface area contributed by atoms with Crippen LogP contribution in [0.1, 0.15) is 67.0 Å². The number of aliphatic hydroxyl groups is 3.